The summed E-state index contributed by atoms with van der Waals surface area (Å²) < 4.78 is 22.6. The number of hydrogen-bond donors (Lipinski definition) is 2. The van der Waals surface area contributed by atoms with Crippen LogP contribution in [0.25, 0.3) is 0 Å². The van der Waals surface area contributed by atoms with E-state index in [0.29, 0.717) is 26.1 Å². The smallest absolute Gasteiger partial charge is 0.238 e. The normalized spacial score (nSPS) is 15.3. The maximum absolute atomic E-state index is 12.2. The first kappa shape index (κ1) is 21.4. The lowest BCUT2D eigenvalue weighted by Crippen LogP contribution is -2.40. The molecule has 7 nitrogen and oxygen atoms in total. The Balaban J connectivity index is 1.79. The van der Waals surface area contributed by atoms with Crippen LogP contribution in [0.1, 0.15) is 44.6 Å². The summed E-state index contributed by atoms with van der Waals surface area (Å²) in [6.07, 6.45) is 5.94. The summed E-state index contributed by atoms with van der Waals surface area (Å²) in [7, 11) is -3.70. The second-order valence-electron chi connectivity index (χ2n) is 7.07. The Morgan fingerprint density at radius 1 is 1.11 bits per heavy atom. The van der Waals surface area contributed by atoms with Crippen LogP contribution in [0.15, 0.2) is 29.2 Å². The average Bonchev–Trinajstić information content (AvgIpc) is 2.64. The highest BCUT2D eigenvalue weighted by Gasteiger charge is 2.20. The van der Waals surface area contributed by atoms with Gasteiger partial charge in [-0.2, -0.15) is 0 Å². The molecule has 0 unspecified atom stereocenters. The number of nitrogens with one attached hydrogen (secondary N) is 1. The van der Waals surface area contributed by atoms with Crippen LogP contribution >= 0.6 is 0 Å². The van der Waals surface area contributed by atoms with Crippen molar-refractivity contribution in [3.63, 3.8) is 0 Å². The predicted molar refractivity (Wildman–Crippen MR) is 103 cm³/mol. The van der Waals surface area contributed by atoms with E-state index in [4.69, 9.17) is 5.14 Å². The Morgan fingerprint density at radius 3 is 2.30 bits per heavy atom. The van der Waals surface area contributed by atoms with Gasteiger partial charge in [0, 0.05) is 32.5 Å². The predicted octanol–water partition coefficient (Wildman–Crippen LogP) is 1.42. The summed E-state index contributed by atoms with van der Waals surface area (Å²) in [5.74, 6) is 0.154. The third-order valence-corrected chi connectivity index (χ3v) is 5.95. The largest absolute Gasteiger partial charge is 0.354 e. The molecule has 8 heteroatoms. The molecule has 0 aliphatic heterocycles. The molecule has 0 spiro atoms. The van der Waals surface area contributed by atoms with Crippen molar-refractivity contribution in [2.24, 2.45) is 11.1 Å². The van der Waals surface area contributed by atoms with Crippen molar-refractivity contribution in [3.05, 3.63) is 29.8 Å². The zero-order valence-electron chi connectivity index (χ0n) is 15.8. The molecular formula is C19H29N3O4S. The van der Waals surface area contributed by atoms with Gasteiger partial charge in [0.1, 0.15) is 0 Å². The number of sulfonamides is 1. The Labute approximate surface area is 161 Å². The monoisotopic (exact) mass is 395 g/mol. The molecule has 0 saturated heterocycles. The molecule has 0 atom stereocenters. The Bertz CT molecular complexity index is 741. The molecule has 150 valence electrons. The molecule has 1 aliphatic rings. The molecule has 0 heterocycles. The number of nitrogens with two attached hydrogens (primary N) is 1. The highest BCUT2D eigenvalue weighted by atomic mass is 32.2. The van der Waals surface area contributed by atoms with Gasteiger partial charge in [0.25, 0.3) is 0 Å². The molecule has 0 aromatic heterocycles. The highest BCUT2D eigenvalue weighted by molar-refractivity contribution is 7.89. The first-order valence-corrected chi connectivity index (χ1v) is 11.0. The zero-order valence-corrected chi connectivity index (χ0v) is 16.6. The van der Waals surface area contributed by atoms with Crippen molar-refractivity contribution in [3.8, 4) is 0 Å². The van der Waals surface area contributed by atoms with Crippen LogP contribution in [0.3, 0.4) is 0 Å². The summed E-state index contributed by atoms with van der Waals surface area (Å²) in [5.41, 5.74) is 0.917. The average molecular weight is 396 g/mol. The van der Waals surface area contributed by atoms with Crippen LogP contribution in [0.2, 0.25) is 0 Å². The number of benzene rings is 1. The number of nitrogens with zero attached hydrogens (tertiary/aromatic N) is 1. The summed E-state index contributed by atoms with van der Waals surface area (Å²) >= 11 is 0. The minimum absolute atomic E-state index is 0.0527. The minimum atomic E-state index is -3.70. The van der Waals surface area contributed by atoms with Gasteiger partial charge >= 0.3 is 0 Å². The summed E-state index contributed by atoms with van der Waals surface area (Å²) in [4.78, 5) is 25.8. The second-order valence-corrected chi connectivity index (χ2v) is 8.63. The molecule has 27 heavy (non-hydrogen) atoms. The maximum Gasteiger partial charge on any atom is 0.238 e. The lowest BCUT2D eigenvalue weighted by atomic mass is 9.89. The van der Waals surface area contributed by atoms with Crippen LogP contribution in [-0.2, 0) is 26.0 Å². The SMILES string of the molecule is CC(=O)N(CCNC(=O)C1CCCCC1)CCc1ccc(S(N)(=O)=O)cc1. The van der Waals surface area contributed by atoms with Crippen molar-refractivity contribution in [2.75, 3.05) is 19.6 Å². The van der Waals surface area contributed by atoms with E-state index < -0.39 is 10.0 Å². The first-order chi connectivity index (χ1) is 12.8. The highest BCUT2D eigenvalue weighted by Crippen LogP contribution is 2.23. The van der Waals surface area contributed by atoms with Crippen molar-refractivity contribution < 1.29 is 18.0 Å². The van der Waals surface area contributed by atoms with Gasteiger partial charge < -0.3 is 10.2 Å². The van der Waals surface area contributed by atoms with E-state index in [9.17, 15) is 18.0 Å². The molecule has 1 fully saturated rings. The number of hydrogen-bond acceptors (Lipinski definition) is 4. The van der Waals surface area contributed by atoms with Crippen molar-refractivity contribution in [1.29, 1.82) is 0 Å². The number of carbonyl (C=O) groups is 2. The number of primary sulfonamides is 1. The summed E-state index contributed by atoms with van der Waals surface area (Å²) in [5, 5.41) is 8.03. The summed E-state index contributed by atoms with van der Waals surface area (Å²) in [6.45, 7) is 2.92. The van der Waals surface area contributed by atoms with Crippen LogP contribution in [0, 0.1) is 5.92 Å². The molecule has 0 bridgehead atoms. The number of rotatable bonds is 8. The van der Waals surface area contributed by atoms with Crippen LogP contribution in [0.5, 0.6) is 0 Å². The molecule has 3 N–H and O–H groups in total. The quantitative estimate of drug-likeness (QED) is 0.694. The summed E-state index contributed by atoms with van der Waals surface area (Å²) in [6, 6.07) is 6.33. The van der Waals surface area contributed by atoms with Crippen molar-refractivity contribution in [1.82, 2.24) is 10.2 Å². The van der Waals surface area contributed by atoms with Gasteiger partial charge in [-0.1, -0.05) is 31.4 Å². The van der Waals surface area contributed by atoms with Gasteiger partial charge in [-0.25, -0.2) is 13.6 Å². The fourth-order valence-corrected chi connectivity index (χ4v) is 3.88. The van der Waals surface area contributed by atoms with Crippen LogP contribution in [-0.4, -0.2) is 44.8 Å². The van der Waals surface area contributed by atoms with Gasteiger partial charge in [0.15, 0.2) is 0 Å². The molecule has 1 aromatic rings. The molecule has 2 rings (SSSR count). The van der Waals surface area contributed by atoms with Crippen molar-refractivity contribution >= 4 is 21.8 Å². The van der Waals surface area contributed by atoms with Crippen LogP contribution < -0.4 is 10.5 Å². The molecule has 0 radical (unpaired) electrons. The van der Waals surface area contributed by atoms with E-state index in [1.54, 1.807) is 17.0 Å². The van der Waals surface area contributed by atoms with E-state index >= 15 is 0 Å². The topological polar surface area (TPSA) is 110 Å². The minimum Gasteiger partial charge on any atom is -0.354 e. The fraction of sp³-hybridized carbons (Fsp3) is 0.579. The van der Waals surface area contributed by atoms with E-state index in [-0.39, 0.29) is 22.6 Å². The van der Waals surface area contributed by atoms with Gasteiger partial charge in [-0.05, 0) is 37.0 Å². The van der Waals surface area contributed by atoms with Gasteiger partial charge in [-0.15, -0.1) is 0 Å². The molecule has 1 saturated carbocycles. The first-order valence-electron chi connectivity index (χ1n) is 9.42. The van der Waals surface area contributed by atoms with E-state index in [2.05, 4.69) is 5.32 Å². The van der Waals surface area contributed by atoms with Gasteiger partial charge in [0.2, 0.25) is 21.8 Å². The molecular weight excluding hydrogens is 366 g/mol. The fourth-order valence-electron chi connectivity index (χ4n) is 3.36. The third kappa shape index (κ3) is 6.95. The lowest BCUT2D eigenvalue weighted by Gasteiger charge is -2.24. The molecule has 1 aliphatic carbocycles. The Kier molecular flexibility index (Phi) is 7.79. The molecule has 2 amide bonds. The zero-order chi connectivity index (χ0) is 19.9. The van der Waals surface area contributed by atoms with E-state index in [0.717, 1.165) is 31.2 Å². The number of carbonyl (C=O) groups excluding carboxylic acids is 2. The van der Waals surface area contributed by atoms with E-state index in [1.807, 2.05) is 0 Å². The van der Waals surface area contributed by atoms with Crippen molar-refractivity contribution in [2.45, 2.75) is 50.3 Å². The standard InChI is InChI=1S/C19H29N3O4S/c1-15(23)22(14-12-21-19(24)17-5-3-2-4-6-17)13-11-16-7-9-18(10-8-16)27(20,25)26/h7-10,17H,2-6,11-14H2,1H3,(H,21,24)(H2,20,25,26). The second kappa shape index (κ2) is 9.85. The number of amides is 2. The maximum atomic E-state index is 12.2. The van der Waals surface area contributed by atoms with Gasteiger partial charge in [-0.3, -0.25) is 9.59 Å². The Morgan fingerprint density at radius 2 is 1.74 bits per heavy atom. The van der Waals surface area contributed by atoms with Crippen LogP contribution in [0.4, 0.5) is 0 Å². The lowest BCUT2D eigenvalue weighted by molar-refractivity contribution is -0.130. The third-order valence-electron chi connectivity index (χ3n) is 5.02. The Hall–Kier alpha value is -1.93. The van der Waals surface area contributed by atoms with Gasteiger partial charge in [0.05, 0.1) is 4.90 Å². The van der Waals surface area contributed by atoms with E-state index in [1.165, 1.54) is 25.5 Å². The molecule has 1 aromatic carbocycles.